The van der Waals surface area contributed by atoms with E-state index in [1.54, 1.807) is 4.90 Å². The summed E-state index contributed by atoms with van der Waals surface area (Å²) in [5, 5.41) is 23.4. The Hall–Kier alpha value is -3.70. The van der Waals surface area contributed by atoms with Gasteiger partial charge in [-0.05, 0) is 77.0 Å². The number of aromatic nitrogens is 2. The van der Waals surface area contributed by atoms with Gasteiger partial charge in [0.2, 0.25) is 6.41 Å². The highest BCUT2D eigenvalue weighted by molar-refractivity contribution is 5.54. The van der Waals surface area contributed by atoms with Crippen molar-refractivity contribution in [2.24, 2.45) is 0 Å². The molecule has 0 aliphatic carbocycles. The molecule has 0 atom stereocenters. The van der Waals surface area contributed by atoms with Crippen LogP contribution in [0, 0.1) is 25.2 Å². The van der Waals surface area contributed by atoms with Crippen molar-refractivity contribution in [3.63, 3.8) is 0 Å². The minimum absolute atomic E-state index is 0.535. The molecule has 1 amide bonds. The van der Waals surface area contributed by atoms with Crippen LogP contribution in [0.5, 0.6) is 0 Å². The molecule has 1 aromatic carbocycles. The zero-order valence-corrected chi connectivity index (χ0v) is 23.3. The normalized spacial score (nSPS) is 16.9. The summed E-state index contributed by atoms with van der Waals surface area (Å²) >= 11 is 0. The Bertz CT molecular complexity index is 1270. The minimum Gasteiger partial charge on any atom is -0.368 e. The van der Waals surface area contributed by atoms with Gasteiger partial charge in [0.15, 0.2) is 5.82 Å². The number of hydrogen-bond acceptors (Lipinski definition) is 7. The molecule has 2 saturated heterocycles. The smallest absolute Gasteiger partial charge is 0.209 e. The van der Waals surface area contributed by atoms with Crippen molar-refractivity contribution in [2.45, 2.75) is 46.6 Å². The Kier molecular flexibility index (Phi) is 10.9. The highest BCUT2D eigenvalue weighted by atomic mass is 16.1. The third-order valence-electron chi connectivity index (χ3n) is 7.30. The largest absolute Gasteiger partial charge is 0.368 e. The summed E-state index contributed by atoms with van der Waals surface area (Å²) in [4.78, 5) is 17.3. The van der Waals surface area contributed by atoms with E-state index in [2.05, 4.69) is 45.0 Å². The number of nitriles is 1. The number of likely N-dealkylation sites (tertiary alicyclic amines) is 1. The van der Waals surface area contributed by atoms with Gasteiger partial charge >= 0.3 is 0 Å². The molecule has 8 nitrogen and oxygen atoms in total. The number of piperidine rings is 1. The Morgan fingerprint density at radius 2 is 1.79 bits per heavy atom. The van der Waals surface area contributed by atoms with Gasteiger partial charge in [0.05, 0.1) is 17.3 Å². The van der Waals surface area contributed by atoms with Crippen LogP contribution in [0.1, 0.15) is 48.6 Å². The predicted octanol–water partition coefficient (Wildman–Crippen LogP) is 2.55. The maximum atomic E-state index is 11.0. The van der Waals surface area contributed by atoms with Crippen molar-refractivity contribution >= 4 is 24.4 Å². The van der Waals surface area contributed by atoms with Crippen molar-refractivity contribution in [3.8, 4) is 6.07 Å². The molecule has 0 radical (unpaired) electrons. The predicted molar refractivity (Wildman–Crippen MR) is 154 cm³/mol. The second kappa shape index (κ2) is 14.3. The lowest BCUT2D eigenvalue weighted by Crippen LogP contribution is -2.45. The van der Waals surface area contributed by atoms with E-state index in [1.165, 1.54) is 32.4 Å². The van der Waals surface area contributed by atoms with Gasteiger partial charge in [-0.3, -0.25) is 4.79 Å². The number of hydrogen-bond donors (Lipinski definition) is 1. The van der Waals surface area contributed by atoms with E-state index in [1.807, 2.05) is 51.1 Å². The van der Waals surface area contributed by atoms with E-state index in [-0.39, 0.29) is 0 Å². The van der Waals surface area contributed by atoms with Gasteiger partial charge in [-0.15, -0.1) is 5.10 Å². The zero-order chi connectivity index (χ0) is 27.5. The SMILES string of the molecule is C=C(/C=c1/c(NCc2cccc(C#N)c2C)nnc(C)/c1=C/C)N1CCN(C=O)CC1.CN1CCCCC1. The van der Waals surface area contributed by atoms with Crippen LogP contribution in [0.25, 0.3) is 12.2 Å². The van der Waals surface area contributed by atoms with E-state index in [0.717, 1.165) is 52.5 Å². The van der Waals surface area contributed by atoms with Crippen LogP contribution < -0.4 is 15.8 Å². The molecule has 2 aliphatic heterocycles. The molecule has 3 heterocycles. The molecule has 8 heteroatoms. The lowest BCUT2D eigenvalue weighted by Gasteiger charge is -2.34. The van der Waals surface area contributed by atoms with Gasteiger partial charge in [0.1, 0.15) is 0 Å². The number of anilines is 1. The van der Waals surface area contributed by atoms with Crippen molar-refractivity contribution in [1.82, 2.24) is 24.9 Å². The molecule has 0 saturated carbocycles. The highest BCUT2D eigenvalue weighted by Gasteiger charge is 2.16. The molecule has 2 fully saturated rings. The second-order valence-electron chi connectivity index (χ2n) is 9.93. The van der Waals surface area contributed by atoms with Crippen molar-refractivity contribution in [2.75, 3.05) is 51.6 Å². The summed E-state index contributed by atoms with van der Waals surface area (Å²) in [5.41, 5.74) is 4.40. The Labute approximate surface area is 227 Å². The number of carbonyl (C=O) groups excluding carboxylic acids is 1. The number of allylic oxidation sites excluding steroid dienone is 1. The minimum atomic E-state index is 0.535. The average molecular weight is 516 g/mol. The molecule has 0 spiro atoms. The standard InChI is InChI=1S/C24H28N6O.C6H13N/c1-5-22-19(4)27-28-24(26-15-21-8-6-7-20(14-25)18(21)3)23(22)13-17(2)30-11-9-29(16-31)10-12-30;1-7-5-3-2-4-6-7/h5-8,13,16H,2,9-12,15H2,1,3-4H3,(H,26,28);2-6H2,1H3/b22-5-,23-13+;. The van der Waals surface area contributed by atoms with Crippen LogP contribution >= 0.6 is 0 Å². The third kappa shape index (κ3) is 7.65. The summed E-state index contributed by atoms with van der Waals surface area (Å²) in [6.07, 6.45) is 9.24. The molecule has 0 bridgehead atoms. The zero-order valence-electron chi connectivity index (χ0n) is 23.3. The van der Waals surface area contributed by atoms with Crippen molar-refractivity contribution in [1.29, 1.82) is 5.26 Å². The molecule has 202 valence electrons. The molecular formula is C30H41N7O. The number of nitrogens with zero attached hydrogens (tertiary/aromatic N) is 6. The Morgan fingerprint density at radius 3 is 2.37 bits per heavy atom. The lowest BCUT2D eigenvalue weighted by molar-refractivity contribution is -0.119. The summed E-state index contributed by atoms with van der Waals surface area (Å²) in [6, 6.07) is 7.95. The fourth-order valence-corrected chi connectivity index (χ4v) is 4.80. The number of piperazine rings is 1. The quantitative estimate of drug-likeness (QED) is 0.592. The van der Waals surface area contributed by atoms with Gasteiger partial charge in [0.25, 0.3) is 0 Å². The molecule has 1 N–H and O–H groups in total. The summed E-state index contributed by atoms with van der Waals surface area (Å²) < 4.78 is 0. The first-order chi connectivity index (χ1) is 18.4. The van der Waals surface area contributed by atoms with Gasteiger partial charge in [0, 0.05) is 48.9 Å². The molecule has 0 unspecified atom stereocenters. The number of carbonyl (C=O) groups is 1. The van der Waals surface area contributed by atoms with Gasteiger partial charge in [-0.2, -0.15) is 10.4 Å². The van der Waals surface area contributed by atoms with E-state index in [0.29, 0.717) is 31.0 Å². The van der Waals surface area contributed by atoms with Crippen LogP contribution in [0.4, 0.5) is 5.82 Å². The third-order valence-corrected chi connectivity index (χ3v) is 7.30. The van der Waals surface area contributed by atoms with E-state index in [9.17, 15) is 10.1 Å². The van der Waals surface area contributed by atoms with Crippen LogP contribution in [0.15, 0.2) is 30.5 Å². The maximum absolute atomic E-state index is 11.0. The Balaban J connectivity index is 0.000000494. The van der Waals surface area contributed by atoms with Crippen LogP contribution in [-0.2, 0) is 11.3 Å². The van der Waals surface area contributed by atoms with E-state index >= 15 is 0 Å². The first kappa shape index (κ1) is 28.9. The van der Waals surface area contributed by atoms with E-state index < -0.39 is 0 Å². The summed E-state index contributed by atoms with van der Waals surface area (Å²) in [6.45, 7) is 16.2. The number of benzene rings is 1. The van der Waals surface area contributed by atoms with E-state index in [4.69, 9.17) is 0 Å². The molecule has 38 heavy (non-hydrogen) atoms. The van der Waals surface area contributed by atoms with Crippen molar-refractivity contribution in [3.05, 3.63) is 63.3 Å². The number of aryl methyl sites for hydroxylation is 1. The Morgan fingerprint density at radius 1 is 1.08 bits per heavy atom. The average Bonchev–Trinajstić information content (AvgIpc) is 2.94. The van der Waals surface area contributed by atoms with Crippen molar-refractivity contribution < 1.29 is 4.79 Å². The molecule has 4 rings (SSSR count). The first-order valence-corrected chi connectivity index (χ1v) is 13.4. The first-order valence-electron chi connectivity index (χ1n) is 13.4. The second-order valence-corrected chi connectivity index (χ2v) is 9.93. The lowest BCUT2D eigenvalue weighted by atomic mass is 10.0. The fourth-order valence-electron chi connectivity index (χ4n) is 4.80. The summed E-state index contributed by atoms with van der Waals surface area (Å²) in [5.74, 6) is 0.674. The summed E-state index contributed by atoms with van der Waals surface area (Å²) in [7, 11) is 2.19. The highest BCUT2D eigenvalue weighted by Crippen LogP contribution is 2.14. The number of rotatable bonds is 6. The topological polar surface area (TPSA) is 88.4 Å². The van der Waals surface area contributed by atoms with Crippen LogP contribution in [-0.4, -0.2) is 77.6 Å². The molecule has 2 aliphatic rings. The monoisotopic (exact) mass is 515 g/mol. The molecule has 2 aromatic rings. The fraction of sp³-hybridized carbons (Fsp3) is 0.467. The van der Waals surface area contributed by atoms with Gasteiger partial charge in [-0.25, -0.2) is 0 Å². The molecule has 1 aromatic heterocycles. The van der Waals surface area contributed by atoms with Gasteiger partial charge in [-0.1, -0.05) is 31.2 Å². The number of amides is 1. The maximum Gasteiger partial charge on any atom is 0.209 e. The van der Waals surface area contributed by atoms with Gasteiger partial charge < -0.3 is 20.0 Å². The van der Waals surface area contributed by atoms with Crippen LogP contribution in [0.3, 0.4) is 0 Å². The number of nitrogens with one attached hydrogen (secondary N) is 1. The molecular weight excluding hydrogens is 474 g/mol. The van der Waals surface area contributed by atoms with Crippen LogP contribution in [0.2, 0.25) is 0 Å².